The summed E-state index contributed by atoms with van der Waals surface area (Å²) in [6.07, 6.45) is 8.28. The minimum Gasteiger partial charge on any atom is -0.366 e. The van der Waals surface area contributed by atoms with Gasteiger partial charge in [0.15, 0.2) is 0 Å². The highest BCUT2D eigenvalue weighted by atomic mass is 79.9. The molecule has 1 fully saturated rings. The first-order valence-electron chi connectivity index (χ1n) is 7.23. The van der Waals surface area contributed by atoms with Gasteiger partial charge in [-0.05, 0) is 48.0 Å². The monoisotopic (exact) mass is 326 g/mol. The third-order valence-electron chi connectivity index (χ3n) is 3.75. The van der Waals surface area contributed by atoms with Crippen LogP contribution in [0.1, 0.15) is 46.0 Å². The van der Waals surface area contributed by atoms with E-state index in [1.165, 1.54) is 25.7 Å². The molecule has 2 N–H and O–H groups in total. The Bertz CT molecular complexity index is 404. The van der Waals surface area contributed by atoms with Gasteiger partial charge in [0.2, 0.25) is 5.95 Å². The van der Waals surface area contributed by atoms with E-state index < -0.39 is 0 Å². The highest BCUT2D eigenvalue weighted by Crippen LogP contribution is 2.30. The van der Waals surface area contributed by atoms with Gasteiger partial charge in [0.25, 0.3) is 0 Å². The zero-order valence-electron chi connectivity index (χ0n) is 11.7. The maximum Gasteiger partial charge on any atom is 0.224 e. The van der Waals surface area contributed by atoms with Crippen LogP contribution >= 0.6 is 15.9 Å². The molecule has 19 heavy (non-hydrogen) atoms. The Morgan fingerprint density at radius 1 is 1.42 bits per heavy atom. The van der Waals surface area contributed by atoms with E-state index in [1.807, 2.05) is 6.20 Å². The first-order valence-corrected chi connectivity index (χ1v) is 8.03. The minimum atomic E-state index is 0.465. The number of aromatic nitrogens is 2. The zero-order chi connectivity index (χ0) is 13.7. The van der Waals surface area contributed by atoms with Crippen molar-refractivity contribution in [2.75, 3.05) is 17.2 Å². The van der Waals surface area contributed by atoms with Crippen LogP contribution in [0.4, 0.5) is 11.8 Å². The number of nitrogens with zero attached hydrogens (tertiary/aromatic N) is 2. The van der Waals surface area contributed by atoms with Crippen molar-refractivity contribution >= 4 is 27.7 Å². The molecule has 1 unspecified atom stereocenters. The molecule has 5 heteroatoms. The maximum absolute atomic E-state index is 4.54. The van der Waals surface area contributed by atoms with E-state index in [2.05, 4.69) is 50.4 Å². The van der Waals surface area contributed by atoms with E-state index in [1.54, 1.807) is 0 Å². The summed E-state index contributed by atoms with van der Waals surface area (Å²) in [7, 11) is 0. The van der Waals surface area contributed by atoms with Crippen LogP contribution < -0.4 is 10.6 Å². The predicted octanol–water partition coefficient (Wildman–Crippen LogP) is 4.05. The average Bonchev–Trinajstić information content (AvgIpc) is 2.93. The predicted molar refractivity (Wildman–Crippen MR) is 83.6 cm³/mol. The average molecular weight is 327 g/mol. The molecule has 1 heterocycles. The van der Waals surface area contributed by atoms with E-state index in [-0.39, 0.29) is 0 Å². The first kappa shape index (κ1) is 14.6. The molecule has 0 aromatic carbocycles. The molecule has 1 saturated carbocycles. The molecular weight excluding hydrogens is 304 g/mol. The summed E-state index contributed by atoms with van der Waals surface area (Å²) in [5.74, 6) is 2.37. The van der Waals surface area contributed by atoms with Gasteiger partial charge in [0.05, 0.1) is 4.47 Å². The van der Waals surface area contributed by atoms with E-state index in [0.29, 0.717) is 12.0 Å². The van der Waals surface area contributed by atoms with Gasteiger partial charge in [0, 0.05) is 18.8 Å². The molecule has 106 valence electrons. The topological polar surface area (TPSA) is 49.8 Å². The molecule has 4 nitrogen and oxygen atoms in total. The van der Waals surface area contributed by atoms with E-state index in [4.69, 9.17) is 0 Å². The number of halogens is 1. The molecule has 0 bridgehead atoms. The summed E-state index contributed by atoms with van der Waals surface area (Å²) in [4.78, 5) is 8.81. The molecule has 0 amide bonds. The van der Waals surface area contributed by atoms with Gasteiger partial charge >= 0.3 is 0 Å². The number of hydrogen-bond acceptors (Lipinski definition) is 4. The maximum atomic E-state index is 4.54. The first-order chi connectivity index (χ1) is 9.20. The normalized spacial score (nSPS) is 17.4. The van der Waals surface area contributed by atoms with Crippen molar-refractivity contribution in [2.24, 2.45) is 5.92 Å². The van der Waals surface area contributed by atoms with Crippen molar-refractivity contribution in [2.45, 2.75) is 52.0 Å². The molecular formula is C14H23BrN4. The number of rotatable bonds is 6. The van der Waals surface area contributed by atoms with Crippen LogP contribution in [0.2, 0.25) is 0 Å². The number of hydrogen-bond donors (Lipinski definition) is 2. The molecule has 1 atom stereocenters. The Morgan fingerprint density at radius 2 is 2.16 bits per heavy atom. The van der Waals surface area contributed by atoms with Crippen molar-refractivity contribution < 1.29 is 0 Å². The Hall–Kier alpha value is -0.840. The third-order valence-corrected chi connectivity index (χ3v) is 4.33. The summed E-state index contributed by atoms with van der Waals surface area (Å²) in [6, 6.07) is 0.465. The van der Waals surface area contributed by atoms with Gasteiger partial charge in [-0.25, -0.2) is 4.98 Å². The molecule has 0 saturated heterocycles. The van der Waals surface area contributed by atoms with Crippen LogP contribution in [0.25, 0.3) is 0 Å². The smallest absolute Gasteiger partial charge is 0.224 e. The van der Waals surface area contributed by atoms with Gasteiger partial charge in [-0.2, -0.15) is 4.98 Å². The van der Waals surface area contributed by atoms with Crippen LogP contribution in [0, 0.1) is 5.92 Å². The van der Waals surface area contributed by atoms with Gasteiger partial charge in [0.1, 0.15) is 5.82 Å². The molecule has 0 aliphatic heterocycles. The summed E-state index contributed by atoms with van der Waals surface area (Å²) >= 11 is 3.52. The minimum absolute atomic E-state index is 0.465. The molecule has 1 aliphatic carbocycles. The Labute approximate surface area is 123 Å². The zero-order valence-corrected chi connectivity index (χ0v) is 13.3. The molecule has 0 spiro atoms. The lowest BCUT2D eigenvalue weighted by atomic mass is 10.00. The van der Waals surface area contributed by atoms with Crippen molar-refractivity contribution in [3.05, 3.63) is 10.7 Å². The van der Waals surface area contributed by atoms with Gasteiger partial charge in [-0.3, -0.25) is 0 Å². The largest absolute Gasteiger partial charge is 0.366 e. The second kappa shape index (κ2) is 7.08. The molecule has 2 rings (SSSR count). The Morgan fingerprint density at radius 3 is 2.84 bits per heavy atom. The fourth-order valence-electron chi connectivity index (χ4n) is 2.58. The highest BCUT2D eigenvalue weighted by Gasteiger charge is 2.22. The molecule has 1 aromatic rings. The van der Waals surface area contributed by atoms with Crippen LogP contribution in [-0.2, 0) is 0 Å². The fraction of sp³-hybridized carbons (Fsp3) is 0.714. The summed E-state index contributed by atoms with van der Waals surface area (Å²) in [6.45, 7) is 5.29. The standard InChI is InChI=1S/C14H23BrN4/c1-3-8-16-14-17-9-12(15)13(19-14)18-10(2)11-6-4-5-7-11/h9-11H,3-8H2,1-2H3,(H2,16,17,18,19). The number of anilines is 2. The quantitative estimate of drug-likeness (QED) is 0.827. The van der Waals surface area contributed by atoms with Gasteiger partial charge in [-0.15, -0.1) is 0 Å². The third kappa shape index (κ3) is 4.06. The molecule has 1 aromatic heterocycles. The molecule has 0 radical (unpaired) electrons. The Kier molecular flexibility index (Phi) is 5.43. The lowest BCUT2D eigenvalue weighted by Crippen LogP contribution is -2.24. The van der Waals surface area contributed by atoms with Crippen molar-refractivity contribution in [3.8, 4) is 0 Å². The van der Waals surface area contributed by atoms with Gasteiger partial charge < -0.3 is 10.6 Å². The van der Waals surface area contributed by atoms with Crippen LogP contribution in [-0.4, -0.2) is 22.6 Å². The van der Waals surface area contributed by atoms with E-state index in [9.17, 15) is 0 Å². The molecule has 1 aliphatic rings. The lowest BCUT2D eigenvalue weighted by molar-refractivity contribution is 0.481. The summed E-state index contributed by atoms with van der Waals surface area (Å²) in [5, 5.41) is 6.75. The lowest BCUT2D eigenvalue weighted by Gasteiger charge is -2.21. The van der Waals surface area contributed by atoms with E-state index >= 15 is 0 Å². The SMILES string of the molecule is CCCNc1ncc(Br)c(NC(C)C2CCCC2)n1. The highest BCUT2D eigenvalue weighted by molar-refractivity contribution is 9.10. The number of nitrogens with one attached hydrogen (secondary N) is 2. The van der Waals surface area contributed by atoms with Crippen molar-refractivity contribution in [1.29, 1.82) is 0 Å². The van der Waals surface area contributed by atoms with Crippen LogP contribution in [0.15, 0.2) is 10.7 Å². The second-order valence-corrected chi connectivity index (χ2v) is 6.15. The fourth-order valence-corrected chi connectivity index (χ4v) is 2.89. The summed E-state index contributed by atoms with van der Waals surface area (Å²) in [5.41, 5.74) is 0. The Balaban J connectivity index is 2.01. The van der Waals surface area contributed by atoms with Crippen LogP contribution in [0.3, 0.4) is 0 Å². The van der Waals surface area contributed by atoms with Crippen molar-refractivity contribution in [3.63, 3.8) is 0 Å². The van der Waals surface area contributed by atoms with Crippen molar-refractivity contribution in [1.82, 2.24) is 9.97 Å². The van der Waals surface area contributed by atoms with Gasteiger partial charge in [-0.1, -0.05) is 19.8 Å². The second-order valence-electron chi connectivity index (χ2n) is 5.29. The van der Waals surface area contributed by atoms with E-state index in [0.717, 1.165) is 29.2 Å². The van der Waals surface area contributed by atoms with Crippen LogP contribution in [0.5, 0.6) is 0 Å². The summed E-state index contributed by atoms with van der Waals surface area (Å²) < 4.78 is 0.930.